The van der Waals surface area contributed by atoms with Crippen LogP contribution in [0.25, 0.3) is 0 Å². The second kappa shape index (κ2) is 9.79. The van der Waals surface area contributed by atoms with Crippen molar-refractivity contribution in [2.45, 2.75) is 18.8 Å². The molecule has 0 spiro atoms. The van der Waals surface area contributed by atoms with E-state index < -0.39 is 46.4 Å². The van der Waals surface area contributed by atoms with E-state index in [1.54, 1.807) is 31.2 Å². The lowest BCUT2D eigenvalue weighted by molar-refractivity contribution is 0.101. The Kier molecular flexibility index (Phi) is 6.60. The lowest BCUT2D eigenvalue weighted by Crippen LogP contribution is -2.29. The number of amides is 1. The molecule has 0 bridgehead atoms. The molecule has 0 saturated heterocycles. The van der Waals surface area contributed by atoms with E-state index in [0.717, 1.165) is 29.0 Å². The SMILES string of the molecule is C[C@@H](c1nc(C(=O)Nc2cnoc2)c(O)c(=O)n1C)[C@H](c1cc(F)cc(F)c1)c1ccccc1C#N. The Labute approximate surface area is 203 Å². The molecule has 0 fully saturated rings. The highest BCUT2D eigenvalue weighted by Crippen LogP contribution is 2.39. The van der Waals surface area contributed by atoms with Crippen molar-refractivity contribution in [2.24, 2.45) is 7.05 Å². The molecule has 2 aromatic carbocycles. The second-order valence-electron chi connectivity index (χ2n) is 8.07. The number of carbonyl (C=O) groups excluding carboxylic acids is 1. The molecule has 2 atom stereocenters. The Hall–Kier alpha value is -4.85. The number of benzene rings is 2. The Balaban J connectivity index is 1.90. The zero-order valence-electron chi connectivity index (χ0n) is 19.1. The van der Waals surface area contributed by atoms with Gasteiger partial charge in [0.2, 0.25) is 5.75 Å². The third kappa shape index (κ3) is 4.56. The van der Waals surface area contributed by atoms with Crippen LogP contribution in [0.5, 0.6) is 5.75 Å². The molecule has 0 aliphatic heterocycles. The maximum atomic E-state index is 14.2. The van der Waals surface area contributed by atoms with Crippen LogP contribution in [0.1, 0.15) is 51.8 Å². The molecule has 0 unspecified atom stereocenters. The number of aromatic nitrogens is 3. The van der Waals surface area contributed by atoms with Gasteiger partial charge in [0.25, 0.3) is 11.5 Å². The molecule has 2 aromatic heterocycles. The summed E-state index contributed by atoms with van der Waals surface area (Å²) >= 11 is 0. The topological polar surface area (TPSA) is 134 Å². The summed E-state index contributed by atoms with van der Waals surface area (Å²) in [5, 5.41) is 25.9. The molecule has 2 N–H and O–H groups in total. The number of nitriles is 1. The Bertz CT molecular complexity index is 1520. The van der Waals surface area contributed by atoms with Gasteiger partial charge in [-0.05, 0) is 29.3 Å². The van der Waals surface area contributed by atoms with Crippen molar-refractivity contribution in [3.8, 4) is 11.8 Å². The number of rotatable bonds is 6. The first-order chi connectivity index (χ1) is 17.2. The van der Waals surface area contributed by atoms with E-state index in [1.165, 1.54) is 13.2 Å². The summed E-state index contributed by atoms with van der Waals surface area (Å²) in [6.45, 7) is 1.64. The molecule has 182 valence electrons. The maximum Gasteiger partial charge on any atom is 0.296 e. The second-order valence-corrected chi connectivity index (χ2v) is 8.07. The summed E-state index contributed by atoms with van der Waals surface area (Å²) < 4.78 is 34.2. The van der Waals surface area contributed by atoms with Crippen molar-refractivity contribution in [3.05, 3.63) is 105 Å². The van der Waals surface area contributed by atoms with Crippen molar-refractivity contribution in [1.82, 2.24) is 14.7 Å². The van der Waals surface area contributed by atoms with E-state index >= 15 is 0 Å². The number of aromatic hydroxyl groups is 1. The predicted octanol–water partition coefficient (Wildman–Crippen LogP) is 3.81. The van der Waals surface area contributed by atoms with Gasteiger partial charge in [0, 0.05) is 24.9 Å². The number of halogens is 2. The van der Waals surface area contributed by atoms with Gasteiger partial charge >= 0.3 is 0 Å². The average Bonchev–Trinajstić information content (AvgIpc) is 3.35. The van der Waals surface area contributed by atoms with E-state index in [-0.39, 0.29) is 22.6 Å². The minimum Gasteiger partial charge on any atom is -0.501 e. The number of hydrogen-bond donors (Lipinski definition) is 2. The molecule has 2 heterocycles. The maximum absolute atomic E-state index is 14.2. The van der Waals surface area contributed by atoms with Crippen LogP contribution in [-0.2, 0) is 7.05 Å². The lowest BCUT2D eigenvalue weighted by atomic mass is 9.79. The van der Waals surface area contributed by atoms with Gasteiger partial charge in [0.1, 0.15) is 29.4 Å². The Morgan fingerprint density at radius 2 is 1.92 bits per heavy atom. The number of nitrogens with one attached hydrogen (secondary N) is 1. The van der Waals surface area contributed by atoms with E-state index in [1.807, 2.05) is 0 Å². The molecule has 11 heteroatoms. The van der Waals surface area contributed by atoms with Crippen LogP contribution in [0.15, 0.2) is 64.2 Å². The monoisotopic (exact) mass is 491 g/mol. The van der Waals surface area contributed by atoms with E-state index in [2.05, 4.69) is 26.0 Å². The molecule has 0 saturated carbocycles. The summed E-state index contributed by atoms with van der Waals surface area (Å²) in [4.78, 5) is 29.9. The number of hydrogen-bond acceptors (Lipinski definition) is 7. The standard InChI is InChI=1S/C25H19F2N5O4/c1-13(20(15-7-16(26)9-17(27)8-15)19-6-4-3-5-14(19)10-28)23-31-21(22(33)25(35)32(23)2)24(34)30-18-11-29-36-12-18/h3-9,11-13,20,33H,1-2H3,(H,30,34)/t13-,20-/m1/s1. The van der Waals surface area contributed by atoms with E-state index in [0.29, 0.717) is 5.56 Å². The van der Waals surface area contributed by atoms with Crippen LogP contribution in [0.3, 0.4) is 0 Å². The van der Waals surface area contributed by atoms with Gasteiger partial charge in [0.15, 0.2) is 5.69 Å². The Morgan fingerprint density at radius 3 is 2.56 bits per heavy atom. The van der Waals surface area contributed by atoms with Crippen molar-refractivity contribution in [1.29, 1.82) is 5.26 Å². The van der Waals surface area contributed by atoms with Crippen molar-refractivity contribution >= 4 is 11.6 Å². The molecular weight excluding hydrogens is 472 g/mol. The lowest BCUT2D eigenvalue weighted by Gasteiger charge is -2.27. The van der Waals surface area contributed by atoms with Crippen LogP contribution in [0, 0.1) is 23.0 Å². The van der Waals surface area contributed by atoms with E-state index in [4.69, 9.17) is 0 Å². The van der Waals surface area contributed by atoms with Crippen LogP contribution < -0.4 is 10.9 Å². The summed E-state index contributed by atoms with van der Waals surface area (Å²) in [5.41, 5.74) is -0.393. The molecule has 0 aliphatic carbocycles. The molecule has 1 amide bonds. The largest absolute Gasteiger partial charge is 0.501 e. The molecule has 0 aliphatic rings. The van der Waals surface area contributed by atoms with Gasteiger partial charge in [-0.3, -0.25) is 14.2 Å². The zero-order valence-corrected chi connectivity index (χ0v) is 19.1. The normalized spacial score (nSPS) is 12.5. The zero-order chi connectivity index (χ0) is 26.0. The first kappa shape index (κ1) is 24.3. The molecule has 36 heavy (non-hydrogen) atoms. The van der Waals surface area contributed by atoms with Crippen LogP contribution >= 0.6 is 0 Å². The highest BCUT2D eigenvalue weighted by molar-refractivity contribution is 6.04. The van der Waals surface area contributed by atoms with Gasteiger partial charge in [-0.2, -0.15) is 5.26 Å². The first-order valence-electron chi connectivity index (χ1n) is 10.7. The number of nitrogens with zero attached hydrogens (tertiary/aromatic N) is 4. The molecule has 4 rings (SSSR count). The van der Waals surface area contributed by atoms with Gasteiger partial charge in [-0.15, -0.1) is 0 Å². The Morgan fingerprint density at radius 1 is 1.22 bits per heavy atom. The molecule has 9 nitrogen and oxygen atoms in total. The first-order valence-corrected chi connectivity index (χ1v) is 10.7. The van der Waals surface area contributed by atoms with Crippen molar-refractivity contribution in [2.75, 3.05) is 5.32 Å². The number of carbonyl (C=O) groups is 1. The molecule has 0 radical (unpaired) electrons. The highest BCUT2D eigenvalue weighted by Gasteiger charge is 2.31. The van der Waals surface area contributed by atoms with Gasteiger partial charge < -0.3 is 14.9 Å². The molecule has 4 aromatic rings. The summed E-state index contributed by atoms with van der Waals surface area (Å²) in [6.07, 6.45) is 2.36. The summed E-state index contributed by atoms with van der Waals surface area (Å²) in [5.74, 6) is -5.02. The fourth-order valence-electron chi connectivity index (χ4n) is 4.14. The average molecular weight is 491 g/mol. The predicted molar refractivity (Wildman–Crippen MR) is 123 cm³/mol. The van der Waals surface area contributed by atoms with Crippen molar-refractivity contribution in [3.63, 3.8) is 0 Å². The van der Waals surface area contributed by atoms with E-state index in [9.17, 15) is 28.7 Å². The fourth-order valence-corrected chi connectivity index (χ4v) is 4.14. The third-order valence-corrected chi connectivity index (χ3v) is 5.77. The third-order valence-electron chi connectivity index (χ3n) is 5.77. The minimum atomic E-state index is -0.903. The van der Waals surface area contributed by atoms with Gasteiger partial charge in [0.05, 0.1) is 17.8 Å². The quantitative estimate of drug-likeness (QED) is 0.419. The van der Waals surface area contributed by atoms with Crippen LogP contribution in [0.4, 0.5) is 14.5 Å². The van der Waals surface area contributed by atoms with Crippen LogP contribution in [-0.4, -0.2) is 25.7 Å². The molecular formula is C25H19F2N5O4. The fraction of sp³-hybridized carbons (Fsp3) is 0.160. The van der Waals surface area contributed by atoms with Gasteiger partial charge in [-0.25, -0.2) is 13.8 Å². The summed E-state index contributed by atoms with van der Waals surface area (Å²) in [6, 6.07) is 11.6. The van der Waals surface area contributed by atoms with Crippen molar-refractivity contribution < 1.29 is 23.2 Å². The minimum absolute atomic E-state index is 0.0377. The highest BCUT2D eigenvalue weighted by atomic mass is 19.1. The van der Waals surface area contributed by atoms with Crippen LogP contribution in [0.2, 0.25) is 0 Å². The summed E-state index contributed by atoms with van der Waals surface area (Å²) in [7, 11) is 1.35. The van der Waals surface area contributed by atoms with Gasteiger partial charge in [-0.1, -0.05) is 30.3 Å². The number of anilines is 1. The smallest absolute Gasteiger partial charge is 0.296 e.